The van der Waals surface area contributed by atoms with Crippen LogP contribution in [0.5, 0.6) is 5.75 Å². The van der Waals surface area contributed by atoms with Crippen molar-refractivity contribution in [3.8, 4) is 5.75 Å². The molecule has 2 aromatic rings. The van der Waals surface area contributed by atoms with E-state index in [1.165, 1.54) is 76.2 Å². The second-order valence-electron chi connectivity index (χ2n) is 9.90. The van der Waals surface area contributed by atoms with Crippen LogP contribution in [0.4, 0.5) is 0 Å². The first kappa shape index (κ1) is 32.4. The molecule has 0 saturated carbocycles. The van der Waals surface area contributed by atoms with Gasteiger partial charge in [-0.05, 0) is 74.6 Å². The number of rotatable bonds is 18. The van der Waals surface area contributed by atoms with Gasteiger partial charge < -0.3 is 14.9 Å². The number of carbonyl (C=O) groups excluding carboxylic acids is 2. The van der Waals surface area contributed by atoms with E-state index in [2.05, 4.69) is 13.8 Å². The van der Waals surface area contributed by atoms with Crippen LogP contribution < -0.4 is 4.74 Å². The predicted molar refractivity (Wildman–Crippen MR) is 151 cm³/mol. The first-order valence-corrected chi connectivity index (χ1v) is 14.2. The van der Waals surface area contributed by atoms with E-state index in [1.54, 1.807) is 24.3 Å². The Balaban J connectivity index is 0.00000684. The van der Waals surface area contributed by atoms with Gasteiger partial charge in [0.15, 0.2) is 0 Å². The maximum atomic E-state index is 12.5. The SMILES string of the molecule is CCCCCCCCc1ccc(C(=O)Oc2ccc(C(=O)OC(C)CCCCCCCC)cc2)cc1.O. The van der Waals surface area contributed by atoms with Gasteiger partial charge in [0.25, 0.3) is 0 Å². The van der Waals surface area contributed by atoms with Gasteiger partial charge in [-0.1, -0.05) is 90.2 Å². The lowest BCUT2D eigenvalue weighted by Gasteiger charge is -2.13. The molecule has 0 aromatic heterocycles. The number of hydrogen-bond donors (Lipinski definition) is 0. The summed E-state index contributed by atoms with van der Waals surface area (Å²) in [5.74, 6) is -0.329. The highest BCUT2D eigenvalue weighted by Crippen LogP contribution is 2.18. The fraction of sp³-hybridized carbons (Fsp3) is 0.562. The van der Waals surface area contributed by atoms with E-state index in [4.69, 9.17) is 9.47 Å². The molecule has 0 radical (unpaired) electrons. The number of carbonyl (C=O) groups is 2. The minimum absolute atomic E-state index is 0. The first-order valence-electron chi connectivity index (χ1n) is 14.2. The first-order chi connectivity index (χ1) is 17.5. The van der Waals surface area contributed by atoms with E-state index < -0.39 is 5.97 Å². The Kier molecular flexibility index (Phi) is 17.0. The molecule has 0 fully saturated rings. The molecule has 0 aliphatic rings. The molecule has 5 nitrogen and oxygen atoms in total. The lowest BCUT2D eigenvalue weighted by Crippen LogP contribution is -2.15. The van der Waals surface area contributed by atoms with Crippen LogP contribution in [-0.4, -0.2) is 23.5 Å². The van der Waals surface area contributed by atoms with E-state index >= 15 is 0 Å². The molecule has 2 rings (SSSR count). The van der Waals surface area contributed by atoms with Crippen molar-refractivity contribution in [1.29, 1.82) is 0 Å². The molecular weight excluding hydrogens is 464 g/mol. The summed E-state index contributed by atoms with van der Waals surface area (Å²) >= 11 is 0. The van der Waals surface area contributed by atoms with Gasteiger partial charge in [0.05, 0.1) is 17.2 Å². The molecule has 0 spiro atoms. The van der Waals surface area contributed by atoms with Crippen molar-refractivity contribution in [1.82, 2.24) is 0 Å². The number of esters is 2. The standard InChI is InChI=1S/C32H46O4.H2O/c1-4-6-8-10-12-14-16-26(3)35-31(33)29-22-24-30(25-23-29)36-32(34)28-20-18-27(19-21-28)17-15-13-11-9-7-5-2;/h18-26H,4-17H2,1-3H3;1H2. The molecule has 206 valence electrons. The topological polar surface area (TPSA) is 84.1 Å². The lowest BCUT2D eigenvalue weighted by atomic mass is 10.0. The second-order valence-corrected chi connectivity index (χ2v) is 9.90. The summed E-state index contributed by atoms with van der Waals surface area (Å²) in [6.45, 7) is 6.39. The average Bonchev–Trinajstić information content (AvgIpc) is 2.89. The van der Waals surface area contributed by atoms with E-state index in [0.29, 0.717) is 16.9 Å². The van der Waals surface area contributed by atoms with Crippen LogP contribution >= 0.6 is 0 Å². The second kappa shape index (κ2) is 19.5. The smallest absolute Gasteiger partial charge is 0.343 e. The normalized spacial score (nSPS) is 11.4. The fourth-order valence-corrected chi connectivity index (χ4v) is 4.26. The van der Waals surface area contributed by atoms with Gasteiger partial charge >= 0.3 is 11.9 Å². The third-order valence-electron chi connectivity index (χ3n) is 6.58. The molecule has 0 saturated heterocycles. The molecule has 2 N–H and O–H groups in total. The number of aryl methyl sites for hydroxylation is 1. The highest BCUT2D eigenvalue weighted by Gasteiger charge is 2.13. The van der Waals surface area contributed by atoms with Gasteiger partial charge in [0, 0.05) is 0 Å². The monoisotopic (exact) mass is 512 g/mol. The Labute approximate surface area is 224 Å². The molecular formula is C32H48O5. The van der Waals surface area contributed by atoms with Crippen LogP contribution in [0.3, 0.4) is 0 Å². The average molecular weight is 513 g/mol. The van der Waals surface area contributed by atoms with Gasteiger partial charge in [-0.25, -0.2) is 9.59 Å². The Bertz CT molecular complexity index is 873. The van der Waals surface area contributed by atoms with Gasteiger partial charge in [-0.15, -0.1) is 0 Å². The third kappa shape index (κ3) is 13.5. The van der Waals surface area contributed by atoms with Crippen molar-refractivity contribution in [2.75, 3.05) is 0 Å². The van der Waals surface area contributed by atoms with Gasteiger partial charge in [-0.2, -0.15) is 0 Å². The van der Waals surface area contributed by atoms with Crippen molar-refractivity contribution >= 4 is 11.9 Å². The molecule has 1 unspecified atom stereocenters. The molecule has 0 amide bonds. The Morgan fingerprint density at radius 3 is 1.73 bits per heavy atom. The van der Waals surface area contributed by atoms with Crippen LogP contribution in [0.1, 0.15) is 131 Å². The third-order valence-corrected chi connectivity index (χ3v) is 6.58. The summed E-state index contributed by atoms with van der Waals surface area (Å²) in [5.41, 5.74) is 2.23. The van der Waals surface area contributed by atoms with Crippen LogP contribution in [0.2, 0.25) is 0 Å². The van der Waals surface area contributed by atoms with Crippen LogP contribution in [-0.2, 0) is 11.2 Å². The number of benzene rings is 2. The Hall–Kier alpha value is -2.66. The maximum Gasteiger partial charge on any atom is 0.343 e. The summed E-state index contributed by atoms with van der Waals surface area (Å²) < 4.78 is 11.1. The molecule has 2 aromatic carbocycles. The van der Waals surface area contributed by atoms with E-state index in [9.17, 15) is 9.59 Å². The van der Waals surface area contributed by atoms with Crippen molar-refractivity contribution in [2.24, 2.45) is 0 Å². The van der Waals surface area contributed by atoms with Crippen molar-refractivity contribution in [3.63, 3.8) is 0 Å². The van der Waals surface area contributed by atoms with Gasteiger partial charge in [0.1, 0.15) is 5.75 Å². The van der Waals surface area contributed by atoms with Crippen LogP contribution in [0, 0.1) is 0 Å². The Morgan fingerprint density at radius 1 is 0.649 bits per heavy atom. The van der Waals surface area contributed by atoms with Crippen molar-refractivity contribution in [2.45, 2.75) is 117 Å². The zero-order valence-corrected chi connectivity index (χ0v) is 23.2. The largest absolute Gasteiger partial charge is 0.459 e. The molecule has 0 bridgehead atoms. The summed E-state index contributed by atoms with van der Waals surface area (Å²) in [4.78, 5) is 24.9. The van der Waals surface area contributed by atoms with Crippen LogP contribution in [0.15, 0.2) is 48.5 Å². The molecule has 37 heavy (non-hydrogen) atoms. The van der Waals surface area contributed by atoms with Crippen molar-refractivity contribution < 1.29 is 24.5 Å². The number of unbranched alkanes of at least 4 members (excludes halogenated alkanes) is 10. The minimum Gasteiger partial charge on any atom is -0.459 e. The molecule has 1 atom stereocenters. The fourth-order valence-electron chi connectivity index (χ4n) is 4.26. The van der Waals surface area contributed by atoms with E-state index in [-0.39, 0.29) is 17.5 Å². The zero-order valence-electron chi connectivity index (χ0n) is 23.2. The number of ether oxygens (including phenoxy) is 2. The summed E-state index contributed by atoms with van der Waals surface area (Å²) in [7, 11) is 0. The van der Waals surface area contributed by atoms with Gasteiger partial charge in [0.2, 0.25) is 0 Å². The highest BCUT2D eigenvalue weighted by molar-refractivity contribution is 5.92. The maximum absolute atomic E-state index is 12.5. The van der Waals surface area contributed by atoms with Gasteiger partial charge in [-0.3, -0.25) is 0 Å². The summed E-state index contributed by atoms with van der Waals surface area (Å²) in [6, 6.07) is 14.2. The van der Waals surface area contributed by atoms with E-state index in [1.807, 2.05) is 31.2 Å². The predicted octanol–water partition coefficient (Wildman–Crippen LogP) is 8.28. The number of hydrogen-bond acceptors (Lipinski definition) is 4. The quantitative estimate of drug-likeness (QED) is 0.114. The molecule has 0 aliphatic heterocycles. The lowest BCUT2D eigenvalue weighted by molar-refractivity contribution is 0.0319. The Morgan fingerprint density at radius 2 is 1.14 bits per heavy atom. The molecule has 0 heterocycles. The molecule has 0 aliphatic carbocycles. The zero-order chi connectivity index (χ0) is 26.0. The summed E-state index contributed by atoms with van der Waals surface area (Å²) in [6.07, 6.45) is 16.8. The van der Waals surface area contributed by atoms with Crippen molar-refractivity contribution in [3.05, 3.63) is 65.2 Å². The molecule has 5 heteroatoms. The minimum atomic E-state index is -0.399. The highest BCUT2D eigenvalue weighted by atomic mass is 16.5. The van der Waals surface area contributed by atoms with Crippen LogP contribution in [0.25, 0.3) is 0 Å². The van der Waals surface area contributed by atoms with E-state index in [0.717, 1.165) is 19.3 Å². The summed E-state index contributed by atoms with van der Waals surface area (Å²) in [5, 5.41) is 0.